The molecule has 104 valence electrons. The van der Waals surface area contributed by atoms with Gasteiger partial charge in [-0.25, -0.2) is 5.43 Å². The van der Waals surface area contributed by atoms with Gasteiger partial charge in [-0.15, -0.1) is 11.3 Å². The molecule has 0 radical (unpaired) electrons. The second-order valence-corrected chi connectivity index (χ2v) is 6.44. The molecule has 1 aliphatic rings. The molecule has 0 aliphatic heterocycles. The van der Waals surface area contributed by atoms with Crippen LogP contribution in [0.2, 0.25) is 4.34 Å². The zero-order valence-corrected chi connectivity index (χ0v) is 12.4. The van der Waals surface area contributed by atoms with Crippen molar-refractivity contribution in [2.45, 2.75) is 25.7 Å². The molecule has 0 saturated heterocycles. The molecular weight excluding hydrogens is 296 g/mol. The molecule has 1 fully saturated rings. The number of aromatic nitrogens is 2. The van der Waals surface area contributed by atoms with Crippen LogP contribution >= 0.6 is 22.9 Å². The average Bonchev–Trinajstić information content (AvgIpc) is 3.00. The largest absolute Gasteiger partial charge is 0.291 e. The topological polar surface area (TPSA) is 70.1 Å². The van der Waals surface area contributed by atoms with Crippen molar-refractivity contribution >= 4 is 34.6 Å². The third-order valence-corrected chi connectivity index (χ3v) is 4.44. The highest BCUT2D eigenvalue weighted by Gasteiger charge is 2.26. The third kappa shape index (κ3) is 2.91. The van der Waals surface area contributed by atoms with Crippen LogP contribution in [0.25, 0.3) is 0 Å². The third-order valence-electron chi connectivity index (χ3n) is 3.10. The number of hydrazone groups is 1. The lowest BCUT2D eigenvalue weighted by Crippen LogP contribution is -2.19. The number of carbonyl (C=O) groups excluding carboxylic acids is 1. The van der Waals surface area contributed by atoms with E-state index in [1.54, 1.807) is 12.1 Å². The summed E-state index contributed by atoms with van der Waals surface area (Å²) in [6, 6.07) is 5.47. The van der Waals surface area contributed by atoms with Crippen LogP contribution in [0.1, 0.15) is 46.7 Å². The van der Waals surface area contributed by atoms with E-state index in [0.717, 1.165) is 10.6 Å². The van der Waals surface area contributed by atoms with E-state index in [1.165, 1.54) is 24.2 Å². The molecule has 1 saturated carbocycles. The van der Waals surface area contributed by atoms with Crippen molar-refractivity contribution in [2.24, 2.45) is 5.10 Å². The molecule has 5 nitrogen and oxygen atoms in total. The Bertz CT molecular complexity index is 671. The fraction of sp³-hybridized carbons (Fsp3) is 0.308. The van der Waals surface area contributed by atoms with E-state index in [0.29, 0.717) is 21.7 Å². The zero-order valence-electron chi connectivity index (χ0n) is 10.8. The lowest BCUT2D eigenvalue weighted by Gasteiger charge is -1.98. The Labute approximate surface area is 125 Å². The van der Waals surface area contributed by atoms with Gasteiger partial charge >= 0.3 is 0 Å². The van der Waals surface area contributed by atoms with Crippen molar-refractivity contribution in [3.8, 4) is 0 Å². The summed E-state index contributed by atoms with van der Waals surface area (Å²) in [5.74, 6) is 0.234. The van der Waals surface area contributed by atoms with Gasteiger partial charge in [0.25, 0.3) is 5.91 Å². The van der Waals surface area contributed by atoms with Crippen LogP contribution in [0.3, 0.4) is 0 Å². The fourth-order valence-corrected chi connectivity index (χ4v) is 2.80. The van der Waals surface area contributed by atoms with Gasteiger partial charge in [0.1, 0.15) is 0 Å². The minimum atomic E-state index is -0.310. The van der Waals surface area contributed by atoms with Crippen molar-refractivity contribution in [3.05, 3.63) is 38.8 Å². The number of amides is 1. The van der Waals surface area contributed by atoms with E-state index in [2.05, 4.69) is 20.7 Å². The van der Waals surface area contributed by atoms with Gasteiger partial charge in [-0.1, -0.05) is 11.6 Å². The second kappa shape index (κ2) is 5.38. The lowest BCUT2D eigenvalue weighted by atomic mass is 10.2. The number of H-pyrrole nitrogens is 1. The van der Waals surface area contributed by atoms with E-state index in [-0.39, 0.29) is 5.91 Å². The Morgan fingerprint density at radius 2 is 2.35 bits per heavy atom. The van der Waals surface area contributed by atoms with Crippen molar-refractivity contribution in [1.29, 1.82) is 0 Å². The summed E-state index contributed by atoms with van der Waals surface area (Å²) in [6.45, 7) is 1.82. The number of hydrogen-bond acceptors (Lipinski definition) is 4. The number of carbonyl (C=O) groups is 1. The highest BCUT2D eigenvalue weighted by atomic mass is 35.5. The highest BCUT2D eigenvalue weighted by Crippen LogP contribution is 2.38. The predicted molar refractivity (Wildman–Crippen MR) is 79.6 cm³/mol. The summed E-state index contributed by atoms with van der Waals surface area (Å²) in [4.78, 5) is 12.8. The lowest BCUT2D eigenvalue weighted by molar-refractivity contribution is 0.0950. The molecule has 2 heterocycles. The number of rotatable bonds is 4. The average molecular weight is 309 g/mol. The van der Waals surface area contributed by atoms with Crippen LogP contribution in [-0.2, 0) is 0 Å². The maximum absolute atomic E-state index is 11.9. The first-order chi connectivity index (χ1) is 9.63. The van der Waals surface area contributed by atoms with Crippen LogP contribution in [-0.4, -0.2) is 21.8 Å². The Kier molecular flexibility index (Phi) is 3.58. The minimum absolute atomic E-state index is 0.310. The summed E-state index contributed by atoms with van der Waals surface area (Å²) in [6.07, 6.45) is 2.33. The van der Waals surface area contributed by atoms with Crippen LogP contribution < -0.4 is 5.43 Å². The fourth-order valence-electron chi connectivity index (χ4n) is 1.81. The molecule has 2 aromatic heterocycles. The van der Waals surface area contributed by atoms with Crippen molar-refractivity contribution in [1.82, 2.24) is 15.6 Å². The molecule has 1 amide bonds. The molecule has 2 aromatic rings. The maximum Gasteiger partial charge on any atom is 0.291 e. The summed E-state index contributed by atoms with van der Waals surface area (Å²) in [7, 11) is 0. The van der Waals surface area contributed by atoms with E-state index < -0.39 is 0 Å². The van der Waals surface area contributed by atoms with Gasteiger partial charge in [0.15, 0.2) is 5.69 Å². The quantitative estimate of drug-likeness (QED) is 0.673. The first kappa shape index (κ1) is 13.3. The molecule has 0 spiro atoms. The Morgan fingerprint density at radius 1 is 1.55 bits per heavy atom. The maximum atomic E-state index is 11.9. The Balaban J connectivity index is 1.65. The monoisotopic (exact) mass is 308 g/mol. The summed E-state index contributed by atoms with van der Waals surface area (Å²) in [5.41, 5.74) is 4.62. The first-order valence-corrected chi connectivity index (χ1v) is 7.48. The smallest absolute Gasteiger partial charge is 0.281 e. The van der Waals surface area contributed by atoms with Crippen LogP contribution in [0.15, 0.2) is 23.3 Å². The van der Waals surface area contributed by atoms with E-state index in [9.17, 15) is 4.79 Å². The number of nitrogens with zero attached hydrogens (tertiary/aromatic N) is 2. The number of aromatic amines is 1. The molecule has 20 heavy (non-hydrogen) atoms. The molecule has 0 aromatic carbocycles. The minimum Gasteiger partial charge on any atom is -0.281 e. The van der Waals surface area contributed by atoms with Crippen molar-refractivity contribution in [2.75, 3.05) is 0 Å². The van der Waals surface area contributed by atoms with Gasteiger partial charge in [0.2, 0.25) is 0 Å². The number of nitrogens with one attached hydrogen (secondary N) is 2. The number of thiophene rings is 1. The molecule has 3 rings (SSSR count). The molecule has 1 aliphatic carbocycles. The number of hydrogen-bond donors (Lipinski definition) is 2. The summed E-state index contributed by atoms with van der Waals surface area (Å²) >= 11 is 7.28. The van der Waals surface area contributed by atoms with Gasteiger partial charge in [-0.3, -0.25) is 9.89 Å². The van der Waals surface area contributed by atoms with Gasteiger partial charge in [0, 0.05) is 11.6 Å². The Hall–Kier alpha value is -1.66. The van der Waals surface area contributed by atoms with Crippen molar-refractivity contribution < 1.29 is 4.79 Å². The molecule has 0 atom stereocenters. The summed E-state index contributed by atoms with van der Waals surface area (Å²) < 4.78 is 0.697. The number of halogens is 1. The Morgan fingerprint density at radius 3 is 3.00 bits per heavy atom. The predicted octanol–water partition coefficient (Wildman–Crippen LogP) is 3.16. The molecule has 2 N–H and O–H groups in total. The van der Waals surface area contributed by atoms with Gasteiger partial charge in [-0.2, -0.15) is 10.2 Å². The van der Waals surface area contributed by atoms with Crippen LogP contribution in [0.4, 0.5) is 0 Å². The molecule has 0 bridgehead atoms. The van der Waals surface area contributed by atoms with Gasteiger partial charge in [-0.05, 0) is 38.0 Å². The molecule has 7 heteroatoms. The second-order valence-electron chi connectivity index (χ2n) is 4.72. The zero-order chi connectivity index (χ0) is 14.1. The van der Waals surface area contributed by atoms with E-state index in [1.807, 2.05) is 13.0 Å². The standard InChI is InChI=1S/C13H13ClN4OS/c1-7(11-4-5-12(14)20-11)15-18-13(19)10-6-9(16-17-10)8-2-3-8/h4-6,8H,2-3H2,1H3,(H,16,17)(H,18,19)/b15-7-. The normalized spacial score (nSPS) is 15.4. The van der Waals surface area contributed by atoms with Crippen LogP contribution in [0, 0.1) is 0 Å². The van der Waals surface area contributed by atoms with E-state index in [4.69, 9.17) is 11.6 Å². The van der Waals surface area contributed by atoms with Gasteiger partial charge < -0.3 is 0 Å². The van der Waals surface area contributed by atoms with E-state index >= 15 is 0 Å². The SMILES string of the molecule is C/C(=N/NC(=O)c1cc(C2CC2)[nH]n1)c1ccc(Cl)s1. The summed E-state index contributed by atoms with van der Waals surface area (Å²) in [5, 5.41) is 11.0. The molecular formula is C13H13ClN4OS. The highest BCUT2D eigenvalue weighted by molar-refractivity contribution is 7.18. The first-order valence-electron chi connectivity index (χ1n) is 6.29. The van der Waals surface area contributed by atoms with Crippen LogP contribution in [0.5, 0.6) is 0 Å². The molecule has 0 unspecified atom stereocenters. The van der Waals surface area contributed by atoms with Crippen molar-refractivity contribution in [3.63, 3.8) is 0 Å². The van der Waals surface area contributed by atoms with Gasteiger partial charge in [0.05, 0.1) is 14.9 Å².